The Kier molecular flexibility index (Phi) is 7.15. The molecule has 1 fully saturated rings. The Hall–Kier alpha value is -3.41. The molecule has 0 unspecified atom stereocenters. The van der Waals surface area contributed by atoms with Gasteiger partial charge in [0.25, 0.3) is 0 Å². The maximum atomic E-state index is 13.3. The largest absolute Gasteiger partial charge is 0.384 e. The molecule has 4 rings (SSSR count). The fourth-order valence-electron chi connectivity index (χ4n) is 4.22. The first-order chi connectivity index (χ1) is 16.3. The topological polar surface area (TPSA) is 105 Å². The third-order valence-electron chi connectivity index (χ3n) is 6.17. The number of pyridine rings is 1. The molecule has 1 aliphatic rings. The third-order valence-corrected chi connectivity index (χ3v) is 7.64. The number of hydrogen-bond acceptors (Lipinski definition) is 5. The number of sulfonamides is 1. The first-order valence-electron chi connectivity index (χ1n) is 11.3. The van der Waals surface area contributed by atoms with Crippen molar-refractivity contribution < 1.29 is 13.2 Å². The predicted octanol–water partition coefficient (Wildman–Crippen LogP) is 3.31. The number of nitrogens with two attached hydrogens (primary N) is 1. The summed E-state index contributed by atoms with van der Waals surface area (Å²) in [6.07, 6.45) is 5.57. The van der Waals surface area contributed by atoms with Crippen LogP contribution in [-0.2, 0) is 14.8 Å². The molecular weight excluding hydrogens is 448 g/mol. The molecule has 1 amide bonds. The smallest absolute Gasteiger partial charge is 0.241 e. The van der Waals surface area contributed by atoms with Crippen molar-refractivity contribution in [2.24, 2.45) is 0 Å². The number of benzene rings is 2. The molecule has 0 radical (unpaired) electrons. The summed E-state index contributed by atoms with van der Waals surface area (Å²) in [5.74, 6) is 6.00. The van der Waals surface area contributed by atoms with Gasteiger partial charge in [0.05, 0.1) is 4.90 Å². The van der Waals surface area contributed by atoms with Crippen LogP contribution in [0, 0.1) is 11.8 Å². The zero-order valence-corrected chi connectivity index (χ0v) is 19.9. The first kappa shape index (κ1) is 23.7. The van der Waals surface area contributed by atoms with E-state index in [4.69, 9.17) is 5.73 Å². The molecule has 1 heterocycles. The average molecular weight is 477 g/mol. The quantitative estimate of drug-likeness (QED) is 0.531. The van der Waals surface area contributed by atoms with Gasteiger partial charge in [0.1, 0.15) is 11.9 Å². The van der Waals surface area contributed by atoms with E-state index in [1.165, 1.54) is 0 Å². The van der Waals surface area contributed by atoms with Gasteiger partial charge in [-0.25, -0.2) is 13.4 Å². The molecule has 0 spiro atoms. The second-order valence-corrected chi connectivity index (χ2v) is 10.3. The Morgan fingerprint density at radius 3 is 2.59 bits per heavy atom. The van der Waals surface area contributed by atoms with Gasteiger partial charge in [-0.2, -0.15) is 4.72 Å². The lowest BCUT2D eigenvalue weighted by atomic mass is 10.1. The van der Waals surface area contributed by atoms with Crippen molar-refractivity contribution in [3.8, 4) is 11.8 Å². The number of hydrogen-bond donors (Lipinski definition) is 2. The predicted molar refractivity (Wildman–Crippen MR) is 133 cm³/mol. The SMILES string of the molecule is CN(C(=O)[C@H](CC#Cc1ccc(N)nc1)NS(=O)(=O)c1ccc2ccccc2c1)C1CCCC1. The minimum Gasteiger partial charge on any atom is -0.384 e. The number of amides is 1. The van der Waals surface area contributed by atoms with Crippen LogP contribution in [0.2, 0.25) is 0 Å². The van der Waals surface area contributed by atoms with Crippen LogP contribution >= 0.6 is 0 Å². The second-order valence-electron chi connectivity index (χ2n) is 8.55. The molecule has 1 atom stereocenters. The molecule has 7 nitrogen and oxygen atoms in total. The van der Waals surface area contributed by atoms with Gasteiger partial charge < -0.3 is 10.6 Å². The number of rotatable bonds is 6. The van der Waals surface area contributed by atoms with Crippen molar-refractivity contribution in [3.63, 3.8) is 0 Å². The van der Waals surface area contributed by atoms with Crippen LogP contribution in [0.3, 0.4) is 0 Å². The van der Waals surface area contributed by atoms with E-state index in [1.807, 2.05) is 24.3 Å². The highest BCUT2D eigenvalue weighted by Gasteiger charge is 2.31. The summed E-state index contributed by atoms with van der Waals surface area (Å²) in [4.78, 5) is 19.1. The van der Waals surface area contributed by atoms with Gasteiger partial charge in [0, 0.05) is 31.3 Å². The van der Waals surface area contributed by atoms with E-state index in [0.29, 0.717) is 11.4 Å². The van der Waals surface area contributed by atoms with Gasteiger partial charge in [-0.15, -0.1) is 0 Å². The number of likely N-dealkylation sites (N-methyl/N-ethyl adjacent to an activating group) is 1. The normalized spacial score (nSPS) is 15.0. The number of carbonyl (C=O) groups is 1. The van der Waals surface area contributed by atoms with Crippen LogP contribution in [0.5, 0.6) is 0 Å². The number of anilines is 1. The molecule has 1 aliphatic carbocycles. The summed E-state index contributed by atoms with van der Waals surface area (Å²) in [5.41, 5.74) is 6.25. The van der Waals surface area contributed by atoms with Crippen LogP contribution < -0.4 is 10.5 Å². The van der Waals surface area contributed by atoms with E-state index >= 15 is 0 Å². The van der Waals surface area contributed by atoms with E-state index in [0.717, 1.165) is 36.5 Å². The lowest BCUT2D eigenvalue weighted by Gasteiger charge is -2.28. The van der Waals surface area contributed by atoms with E-state index < -0.39 is 16.1 Å². The van der Waals surface area contributed by atoms with E-state index in [-0.39, 0.29) is 23.3 Å². The lowest BCUT2D eigenvalue weighted by molar-refractivity contribution is -0.133. The Bertz CT molecular complexity index is 1340. The Morgan fingerprint density at radius 1 is 1.15 bits per heavy atom. The van der Waals surface area contributed by atoms with Gasteiger partial charge in [-0.05, 0) is 47.9 Å². The fourth-order valence-corrected chi connectivity index (χ4v) is 5.45. The highest BCUT2D eigenvalue weighted by atomic mass is 32.2. The molecular formula is C26H28N4O3S. The summed E-state index contributed by atoms with van der Waals surface area (Å²) in [6, 6.07) is 15.0. The van der Waals surface area contributed by atoms with Crippen molar-refractivity contribution in [1.82, 2.24) is 14.6 Å². The molecule has 1 aromatic heterocycles. The number of fused-ring (bicyclic) bond motifs is 1. The van der Waals surface area contributed by atoms with Crippen molar-refractivity contribution in [2.45, 2.75) is 49.1 Å². The van der Waals surface area contributed by atoms with E-state index in [9.17, 15) is 13.2 Å². The maximum Gasteiger partial charge on any atom is 0.241 e. The second kappa shape index (κ2) is 10.2. The number of nitrogens with one attached hydrogen (secondary N) is 1. The summed E-state index contributed by atoms with van der Waals surface area (Å²) in [6.45, 7) is 0. The Labute approximate surface area is 200 Å². The molecule has 0 bridgehead atoms. The zero-order valence-electron chi connectivity index (χ0n) is 19.1. The molecule has 1 saturated carbocycles. The van der Waals surface area contributed by atoms with E-state index in [2.05, 4.69) is 21.5 Å². The van der Waals surface area contributed by atoms with Crippen LogP contribution in [0.25, 0.3) is 10.8 Å². The third kappa shape index (κ3) is 5.56. The monoisotopic (exact) mass is 476 g/mol. The van der Waals surface area contributed by atoms with Crippen LogP contribution in [0.15, 0.2) is 65.7 Å². The van der Waals surface area contributed by atoms with Crippen LogP contribution in [0.1, 0.15) is 37.7 Å². The summed E-state index contributed by atoms with van der Waals surface area (Å²) in [5, 5.41) is 1.75. The average Bonchev–Trinajstić information content (AvgIpc) is 3.38. The van der Waals surface area contributed by atoms with Crippen molar-refractivity contribution in [3.05, 3.63) is 66.4 Å². The van der Waals surface area contributed by atoms with Gasteiger partial charge in [0.2, 0.25) is 15.9 Å². The molecule has 3 N–H and O–H groups in total. The minimum atomic E-state index is -3.95. The maximum absolute atomic E-state index is 13.3. The highest BCUT2D eigenvalue weighted by molar-refractivity contribution is 7.89. The number of nitrogens with zero attached hydrogens (tertiary/aromatic N) is 2. The van der Waals surface area contributed by atoms with Crippen molar-refractivity contribution in [1.29, 1.82) is 0 Å². The van der Waals surface area contributed by atoms with Crippen molar-refractivity contribution >= 4 is 32.5 Å². The lowest BCUT2D eigenvalue weighted by Crippen LogP contribution is -2.49. The van der Waals surface area contributed by atoms with Crippen LogP contribution in [-0.4, -0.2) is 43.3 Å². The zero-order chi connectivity index (χ0) is 24.1. The molecule has 0 saturated heterocycles. The fraction of sp³-hybridized carbons (Fsp3) is 0.308. The number of carbonyl (C=O) groups excluding carboxylic acids is 1. The Morgan fingerprint density at radius 2 is 1.88 bits per heavy atom. The summed E-state index contributed by atoms with van der Waals surface area (Å²) in [7, 11) is -2.20. The van der Waals surface area contributed by atoms with Gasteiger partial charge >= 0.3 is 0 Å². The van der Waals surface area contributed by atoms with E-state index in [1.54, 1.807) is 48.5 Å². The molecule has 176 valence electrons. The highest BCUT2D eigenvalue weighted by Crippen LogP contribution is 2.24. The van der Waals surface area contributed by atoms with Crippen molar-refractivity contribution in [2.75, 3.05) is 12.8 Å². The van der Waals surface area contributed by atoms with Gasteiger partial charge in [-0.1, -0.05) is 55.0 Å². The minimum absolute atomic E-state index is 0.0348. The number of nitrogen functional groups attached to an aromatic ring is 1. The van der Waals surface area contributed by atoms with Gasteiger partial charge in [0.15, 0.2) is 0 Å². The van der Waals surface area contributed by atoms with Crippen LogP contribution in [0.4, 0.5) is 5.82 Å². The molecule has 34 heavy (non-hydrogen) atoms. The Balaban J connectivity index is 1.59. The molecule has 2 aromatic carbocycles. The summed E-state index contributed by atoms with van der Waals surface area (Å²) < 4.78 is 29.1. The molecule has 3 aromatic rings. The first-order valence-corrected chi connectivity index (χ1v) is 12.8. The summed E-state index contributed by atoms with van der Waals surface area (Å²) >= 11 is 0. The van der Waals surface area contributed by atoms with Gasteiger partial charge in [-0.3, -0.25) is 4.79 Å². The standard InChI is InChI=1S/C26H28N4O3S/c1-30(22-10-4-5-11-22)26(31)24(12-6-7-19-13-16-25(27)28-18-19)29-34(32,33)23-15-14-20-8-2-3-9-21(20)17-23/h2-3,8-9,13-18,22,24,29H,4-5,10-12H2,1H3,(H2,27,28)/t24-/m0/s1. The molecule has 8 heteroatoms. The number of aromatic nitrogens is 1. The molecule has 0 aliphatic heterocycles.